The Labute approximate surface area is 119 Å². The van der Waals surface area contributed by atoms with Crippen LogP contribution in [0.1, 0.15) is 51.4 Å². The Morgan fingerprint density at radius 2 is 1.58 bits per heavy atom. The Kier molecular flexibility index (Phi) is 9.15. The molecule has 1 N–H and O–H groups in total. The molecule has 0 aliphatic carbocycles. The first-order valence-corrected chi connectivity index (χ1v) is 8.02. The fraction of sp³-hybridized carbons (Fsp3) is 0.600. The summed E-state index contributed by atoms with van der Waals surface area (Å²) in [5.74, 6) is 0.497. The molecular weight excluding hydrogens is 258 g/mol. The van der Waals surface area contributed by atoms with Gasteiger partial charge in [-0.15, -0.1) is 11.8 Å². The topological polar surface area (TPSA) is 50.2 Å². The number of aromatic nitrogens is 1. The van der Waals surface area contributed by atoms with E-state index in [9.17, 15) is 4.79 Å². The number of unbranched alkanes of at least 4 members (excludes halogenated alkanes) is 6. The smallest absolute Gasteiger partial charge is 0.303 e. The van der Waals surface area contributed by atoms with E-state index in [0.717, 1.165) is 12.8 Å². The van der Waals surface area contributed by atoms with E-state index in [1.807, 2.05) is 36.3 Å². The fourth-order valence-electron chi connectivity index (χ4n) is 1.89. The maximum atomic E-state index is 10.3. The van der Waals surface area contributed by atoms with Gasteiger partial charge in [-0.2, -0.15) is 0 Å². The van der Waals surface area contributed by atoms with Crippen LogP contribution in [0.5, 0.6) is 0 Å². The fourth-order valence-corrected chi connectivity index (χ4v) is 2.78. The Morgan fingerprint density at radius 3 is 2.21 bits per heavy atom. The van der Waals surface area contributed by atoms with Gasteiger partial charge in [-0.3, -0.25) is 9.78 Å². The highest BCUT2D eigenvalue weighted by Crippen LogP contribution is 2.18. The first kappa shape index (κ1) is 16.0. The van der Waals surface area contributed by atoms with Crippen molar-refractivity contribution in [3.8, 4) is 0 Å². The van der Waals surface area contributed by atoms with E-state index >= 15 is 0 Å². The molecule has 0 radical (unpaired) electrons. The zero-order chi connectivity index (χ0) is 13.8. The predicted octanol–water partition coefficient (Wildman–Crippen LogP) is 4.38. The number of aliphatic carboxylic acids is 1. The van der Waals surface area contributed by atoms with Crippen LogP contribution in [0.15, 0.2) is 29.4 Å². The normalized spacial score (nSPS) is 10.5. The summed E-state index contributed by atoms with van der Waals surface area (Å²) in [7, 11) is 0. The highest BCUT2D eigenvalue weighted by Gasteiger charge is 1.97. The lowest BCUT2D eigenvalue weighted by Crippen LogP contribution is -1.93. The van der Waals surface area contributed by atoms with Crippen LogP contribution in [0.3, 0.4) is 0 Å². The molecule has 0 aliphatic rings. The third kappa shape index (κ3) is 9.54. The lowest BCUT2D eigenvalue weighted by atomic mass is 10.1. The SMILES string of the molecule is O=C(O)CCCCCCCCCSc1ccncc1. The van der Waals surface area contributed by atoms with Crippen LogP contribution in [0.4, 0.5) is 0 Å². The second-order valence-corrected chi connectivity index (χ2v) is 5.82. The van der Waals surface area contributed by atoms with Crippen molar-refractivity contribution >= 4 is 17.7 Å². The molecule has 0 saturated carbocycles. The highest BCUT2D eigenvalue weighted by atomic mass is 32.2. The number of nitrogens with zero attached hydrogens (tertiary/aromatic N) is 1. The predicted molar refractivity (Wildman–Crippen MR) is 79.5 cm³/mol. The Bertz CT molecular complexity index is 343. The monoisotopic (exact) mass is 281 g/mol. The van der Waals surface area contributed by atoms with Crippen molar-refractivity contribution in [2.45, 2.75) is 56.3 Å². The van der Waals surface area contributed by atoms with E-state index < -0.39 is 5.97 Å². The molecule has 0 aromatic carbocycles. The van der Waals surface area contributed by atoms with Crippen LogP contribution in [0.25, 0.3) is 0 Å². The number of rotatable bonds is 11. The molecule has 4 heteroatoms. The van der Waals surface area contributed by atoms with E-state index in [4.69, 9.17) is 5.11 Å². The van der Waals surface area contributed by atoms with Crippen molar-refractivity contribution < 1.29 is 9.90 Å². The van der Waals surface area contributed by atoms with Crippen molar-refractivity contribution in [2.75, 3.05) is 5.75 Å². The minimum absolute atomic E-state index is 0.322. The van der Waals surface area contributed by atoms with Gasteiger partial charge in [-0.25, -0.2) is 0 Å². The number of thioether (sulfide) groups is 1. The molecule has 3 nitrogen and oxygen atoms in total. The minimum atomic E-state index is -0.673. The van der Waals surface area contributed by atoms with Crippen molar-refractivity contribution in [1.82, 2.24) is 4.98 Å². The van der Waals surface area contributed by atoms with Gasteiger partial charge in [0.2, 0.25) is 0 Å². The summed E-state index contributed by atoms with van der Waals surface area (Å²) >= 11 is 1.89. The molecule has 0 unspecified atom stereocenters. The minimum Gasteiger partial charge on any atom is -0.481 e. The van der Waals surface area contributed by atoms with E-state index in [-0.39, 0.29) is 0 Å². The molecule has 0 atom stereocenters. The zero-order valence-corrected chi connectivity index (χ0v) is 12.2. The average Bonchev–Trinajstić information content (AvgIpc) is 2.42. The lowest BCUT2D eigenvalue weighted by Gasteiger charge is -2.02. The van der Waals surface area contributed by atoms with Gasteiger partial charge in [-0.1, -0.05) is 32.1 Å². The van der Waals surface area contributed by atoms with Gasteiger partial charge in [0.1, 0.15) is 0 Å². The van der Waals surface area contributed by atoms with Crippen LogP contribution in [-0.2, 0) is 4.79 Å². The summed E-state index contributed by atoms with van der Waals surface area (Å²) in [4.78, 5) is 15.6. The molecule has 0 saturated heterocycles. The third-order valence-electron chi connectivity index (χ3n) is 2.95. The quantitative estimate of drug-likeness (QED) is 0.483. The van der Waals surface area contributed by atoms with Gasteiger partial charge in [0.05, 0.1) is 0 Å². The third-order valence-corrected chi connectivity index (χ3v) is 4.05. The van der Waals surface area contributed by atoms with Gasteiger partial charge in [0, 0.05) is 23.7 Å². The molecule has 0 amide bonds. The van der Waals surface area contributed by atoms with Gasteiger partial charge >= 0.3 is 5.97 Å². The van der Waals surface area contributed by atoms with E-state index in [0.29, 0.717) is 6.42 Å². The molecule has 0 aliphatic heterocycles. The Morgan fingerprint density at radius 1 is 1.00 bits per heavy atom. The largest absolute Gasteiger partial charge is 0.481 e. The molecule has 1 heterocycles. The van der Waals surface area contributed by atoms with Gasteiger partial charge in [0.15, 0.2) is 0 Å². The second kappa shape index (κ2) is 10.9. The lowest BCUT2D eigenvalue weighted by molar-refractivity contribution is -0.137. The maximum Gasteiger partial charge on any atom is 0.303 e. The van der Waals surface area contributed by atoms with Crippen molar-refractivity contribution in [3.63, 3.8) is 0 Å². The first-order valence-electron chi connectivity index (χ1n) is 7.03. The van der Waals surface area contributed by atoms with Gasteiger partial charge in [0.25, 0.3) is 0 Å². The molecular formula is C15H23NO2S. The van der Waals surface area contributed by atoms with E-state index in [1.165, 1.54) is 42.8 Å². The number of hydrogen-bond donors (Lipinski definition) is 1. The number of hydrogen-bond acceptors (Lipinski definition) is 3. The van der Waals surface area contributed by atoms with E-state index in [2.05, 4.69) is 4.98 Å². The average molecular weight is 281 g/mol. The summed E-state index contributed by atoms with van der Waals surface area (Å²) in [5, 5.41) is 8.50. The molecule has 1 rings (SSSR count). The van der Waals surface area contributed by atoms with Gasteiger partial charge in [-0.05, 0) is 30.7 Å². The summed E-state index contributed by atoms with van der Waals surface area (Å²) in [6.45, 7) is 0. The molecule has 1 aromatic heterocycles. The number of carbonyl (C=O) groups is 1. The maximum absolute atomic E-state index is 10.3. The molecule has 19 heavy (non-hydrogen) atoms. The molecule has 0 fully saturated rings. The summed E-state index contributed by atoms with van der Waals surface area (Å²) < 4.78 is 0. The summed E-state index contributed by atoms with van der Waals surface area (Å²) in [6, 6.07) is 4.10. The van der Waals surface area contributed by atoms with Crippen LogP contribution in [-0.4, -0.2) is 21.8 Å². The molecule has 0 bridgehead atoms. The van der Waals surface area contributed by atoms with Crippen LogP contribution < -0.4 is 0 Å². The zero-order valence-electron chi connectivity index (χ0n) is 11.4. The van der Waals surface area contributed by atoms with Crippen LogP contribution >= 0.6 is 11.8 Å². The Balaban J connectivity index is 1.83. The second-order valence-electron chi connectivity index (χ2n) is 4.65. The standard InChI is InChI=1S/C15H23NO2S/c17-15(18)8-6-4-2-1-3-5-7-13-19-14-9-11-16-12-10-14/h9-12H,1-8,13H2,(H,17,18). The van der Waals surface area contributed by atoms with Crippen molar-refractivity contribution in [1.29, 1.82) is 0 Å². The summed E-state index contributed by atoms with van der Waals surface area (Å²) in [6.07, 6.45) is 12.1. The molecule has 106 valence electrons. The van der Waals surface area contributed by atoms with Crippen LogP contribution in [0.2, 0.25) is 0 Å². The summed E-state index contributed by atoms with van der Waals surface area (Å²) in [5.41, 5.74) is 0. The first-order chi connectivity index (χ1) is 9.29. The van der Waals surface area contributed by atoms with Crippen molar-refractivity contribution in [3.05, 3.63) is 24.5 Å². The van der Waals surface area contributed by atoms with Gasteiger partial charge < -0.3 is 5.11 Å². The number of pyridine rings is 1. The van der Waals surface area contributed by atoms with E-state index in [1.54, 1.807) is 0 Å². The number of carboxylic acid groups (broad SMARTS) is 1. The Hall–Kier alpha value is -1.03. The van der Waals surface area contributed by atoms with Crippen molar-refractivity contribution in [2.24, 2.45) is 0 Å². The highest BCUT2D eigenvalue weighted by molar-refractivity contribution is 7.99. The number of carboxylic acids is 1. The molecule has 1 aromatic rings. The molecule has 0 spiro atoms. The van der Waals surface area contributed by atoms with Crippen LogP contribution in [0, 0.1) is 0 Å².